The second-order valence-electron chi connectivity index (χ2n) is 4.89. The van der Waals surface area contributed by atoms with Crippen molar-refractivity contribution in [1.82, 2.24) is 0 Å². The molecular formula is C14H20F3NOS. The summed E-state index contributed by atoms with van der Waals surface area (Å²) in [6.07, 6.45) is -3.34. The van der Waals surface area contributed by atoms with Crippen molar-refractivity contribution in [3.63, 3.8) is 0 Å². The van der Waals surface area contributed by atoms with Crippen molar-refractivity contribution < 1.29 is 17.9 Å². The average Bonchev–Trinajstić information content (AvgIpc) is 2.33. The molecule has 0 spiro atoms. The first-order valence-electron chi connectivity index (χ1n) is 6.48. The maximum atomic E-state index is 12.5. The molecule has 114 valence electrons. The summed E-state index contributed by atoms with van der Waals surface area (Å²) in [5.41, 5.74) is 5.08. The predicted octanol–water partition coefficient (Wildman–Crippen LogP) is 4.44. The number of nitrogens with two attached hydrogens (primary N) is 1. The Morgan fingerprint density at radius 1 is 1.25 bits per heavy atom. The molecule has 0 aliphatic carbocycles. The van der Waals surface area contributed by atoms with Crippen LogP contribution >= 0.6 is 11.8 Å². The molecule has 0 fully saturated rings. The fraction of sp³-hybridized carbons (Fsp3) is 0.571. The predicted molar refractivity (Wildman–Crippen MR) is 76.9 cm³/mol. The van der Waals surface area contributed by atoms with Gasteiger partial charge in [0.15, 0.2) is 0 Å². The third-order valence-corrected chi connectivity index (χ3v) is 3.72. The minimum atomic E-state index is -4.35. The summed E-state index contributed by atoms with van der Waals surface area (Å²) in [7, 11) is 0. The zero-order chi connectivity index (χ0) is 15.2. The largest absolute Gasteiger partial charge is 0.416 e. The highest BCUT2D eigenvalue weighted by Crippen LogP contribution is 2.34. The fourth-order valence-electron chi connectivity index (χ4n) is 1.49. The average molecular weight is 307 g/mol. The van der Waals surface area contributed by atoms with E-state index in [4.69, 9.17) is 10.5 Å². The van der Waals surface area contributed by atoms with Crippen molar-refractivity contribution in [2.45, 2.75) is 31.3 Å². The van der Waals surface area contributed by atoms with E-state index in [0.717, 1.165) is 18.6 Å². The second kappa shape index (κ2) is 7.78. The van der Waals surface area contributed by atoms with Crippen LogP contribution in [0.3, 0.4) is 0 Å². The van der Waals surface area contributed by atoms with Crippen LogP contribution in [0.2, 0.25) is 0 Å². The molecule has 0 amide bonds. The smallest absolute Gasteiger partial charge is 0.398 e. The van der Waals surface area contributed by atoms with E-state index in [1.165, 1.54) is 17.8 Å². The van der Waals surface area contributed by atoms with Gasteiger partial charge in [0.2, 0.25) is 0 Å². The van der Waals surface area contributed by atoms with E-state index in [9.17, 15) is 13.2 Å². The summed E-state index contributed by atoms with van der Waals surface area (Å²) in [6, 6.07) is 3.44. The second-order valence-corrected chi connectivity index (χ2v) is 6.03. The van der Waals surface area contributed by atoms with Gasteiger partial charge < -0.3 is 10.5 Å². The molecule has 1 aromatic rings. The van der Waals surface area contributed by atoms with E-state index in [2.05, 4.69) is 13.8 Å². The fourth-order valence-corrected chi connectivity index (χ4v) is 2.30. The van der Waals surface area contributed by atoms with Gasteiger partial charge in [-0.1, -0.05) is 13.8 Å². The van der Waals surface area contributed by atoms with Crippen LogP contribution in [0.4, 0.5) is 18.9 Å². The Hall–Kier alpha value is -0.880. The molecule has 0 aliphatic heterocycles. The molecule has 0 aliphatic rings. The van der Waals surface area contributed by atoms with Crippen LogP contribution in [0, 0.1) is 5.92 Å². The van der Waals surface area contributed by atoms with E-state index in [-0.39, 0.29) is 5.69 Å². The van der Waals surface area contributed by atoms with Crippen LogP contribution < -0.4 is 5.73 Å². The first-order chi connectivity index (χ1) is 9.30. The lowest BCUT2D eigenvalue weighted by atomic mass is 10.1. The van der Waals surface area contributed by atoms with Gasteiger partial charge in [0, 0.05) is 22.9 Å². The highest BCUT2D eigenvalue weighted by molar-refractivity contribution is 7.99. The summed E-state index contributed by atoms with van der Waals surface area (Å²) in [4.78, 5) is 0.658. The molecule has 0 saturated carbocycles. The lowest BCUT2D eigenvalue weighted by molar-refractivity contribution is -0.137. The molecule has 2 nitrogen and oxygen atoms in total. The molecular weight excluding hydrogens is 287 g/mol. The van der Waals surface area contributed by atoms with Crippen molar-refractivity contribution in [3.05, 3.63) is 23.8 Å². The Bertz CT molecular complexity index is 421. The zero-order valence-electron chi connectivity index (χ0n) is 11.7. The Kier molecular flexibility index (Phi) is 6.68. The maximum Gasteiger partial charge on any atom is 0.416 e. The molecule has 1 rings (SSSR count). The molecule has 2 N–H and O–H groups in total. The van der Waals surface area contributed by atoms with Crippen LogP contribution in [0.5, 0.6) is 0 Å². The Morgan fingerprint density at radius 2 is 1.95 bits per heavy atom. The SMILES string of the molecule is CC(C)CCOCCSc1ccc(C(F)(F)F)cc1N. The molecule has 0 heterocycles. The van der Waals surface area contributed by atoms with Crippen LogP contribution in [0.25, 0.3) is 0 Å². The van der Waals surface area contributed by atoms with Crippen LogP contribution in [-0.2, 0) is 10.9 Å². The van der Waals surface area contributed by atoms with E-state index in [1.807, 2.05) is 0 Å². The number of benzene rings is 1. The van der Waals surface area contributed by atoms with E-state index >= 15 is 0 Å². The molecule has 0 atom stereocenters. The quantitative estimate of drug-likeness (QED) is 0.459. The van der Waals surface area contributed by atoms with Crippen molar-refractivity contribution in [3.8, 4) is 0 Å². The number of halogens is 3. The molecule has 6 heteroatoms. The first kappa shape index (κ1) is 17.2. The number of nitrogen functional groups attached to an aromatic ring is 1. The van der Waals surface area contributed by atoms with E-state index in [1.54, 1.807) is 0 Å². The molecule has 0 radical (unpaired) electrons. The van der Waals surface area contributed by atoms with Crippen molar-refractivity contribution in [2.24, 2.45) is 5.92 Å². The lowest BCUT2D eigenvalue weighted by Crippen LogP contribution is -2.06. The number of thioether (sulfide) groups is 1. The van der Waals surface area contributed by atoms with Gasteiger partial charge in [0.1, 0.15) is 0 Å². The van der Waals surface area contributed by atoms with Gasteiger partial charge in [0.05, 0.1) is 12.2 Å². The third kappa shape index (κ3) is 6.05. The number of rotatable bonds is 7. The van der Waals surface area contributed by atoms with Crippen molar-refractivity contribution in [1.29, 1.82) is 0 Å². The highest BCUT2D eigenvalue weighted by atomic mass is 32.2. The standard InChI is InChI=1S/C14H20F3NOS/c1-10(2)5-6-19-7-8-20-13-4-3-11(9-12(13)18)14(15,16)17/h3-4,9-10H,5-8,18H2,1-2H3. The minimum absolute atomic E-state index is 0.159. The van der Waals surface area contributed by atoms with Crippen LogP contribution in [0.15, 0.2) is 23.1 Å². The monoisotopic (exact) mass is 307 g/mol. The number of alkyl halides is 3. The molecule has 0 unspecified atom stereocenters. The van der Waals surface area contributed by atoms with Gasteiger partial charge in [-0.15, -0.1) is 11.8 Å². The van der Waals surface area contributed by atoms with Crippen molar-refractivity contribution in [2.75, 3.05) is 24.7 Å². The first-order valence-corrected chi connectivity index (χ1v) is 7.46. The molecule has 0 saturated heterocycles. The van der Waals surface area contributed by atoms with Gasteiger partial charge in [0.25, 0.3) is 0 Å². The van der Waals surface area contributed by atoms with Crippen molar-refractivity contribution >= 4 is 17.4 Å². The number of hydrogen-bond donors (Lipinski definition) is 1. The van der Waals surface area contributed by atoms with Gasteiger partial charge in [-0.2, -0.15) is 13.2 Å². The molecule has 0 bridgehead atoms. The number of hydrogen-bond acceptors (Lipinski definition) is 3. The topological polar surface area (TPSA) is 35.2 Å². The van der Waals surface area contributed by atoms with Gasteiger partial charge in [-0.05, 0) is 30.5 Å². The summed E-state index contributed by atoms with van der Waals surface area (Å²) in [5.74, 6) is 1.28. The third-order valence-electron chi connectivity index (χ3n) is 2.66. The highest BCUT2D eigenvalue weighted by Gasteiger charge is 2.30. The van der Waals surface area contributed by atoms with Gasteiger partial charge in [-0.25, -0.2) is 0 Å². The van der Waals surface area contributed by atoms with Crippen LogP contribution in [0.1, 0.15) is 25.8 Å². The van der Waals surface area contributed by atoms with E-state index in [0.29, 0.717) is 29.8 Å². The normalized spacial score (nSPS) is 12.1. The Morgan fingerprint density at radius 3 is 2.50 bits per heavy atom. The number of ether oxygens (including phenoxy) is 1. The zero-order valence-corrected chi connectivity index (χ0v) is 12.5. The summed E-state index contributed by atoms with van der Waals surface area (Å²) < 4.78 is 42.9. The number of anilines is 1. The Balaban J connectivity index is 2.38. The van der Waals surface area contributed by atoms with E-state index < -0.39 is 11.7 Å². The van der Waals surface area contributed by atoms with Gasteiger partial charge in [-0.3, -0.25) is 0 Å². The summed E-state index contributed by atoms with van der Waals surface area (Å²) >= 11 is 1.41. The molecule has 0 aromatic heterocycles. The molecule has 20 heavy (non-hydrogen) atoms. The summed E-state index contributed by atoms with van der Waals surface area (Å²) in [5, 5.41) is 0. The lowest BCUT2D eigenvalue weighted by Gasteiger charge is -2.11. The minimum Gasteiger partial charge on any atom is -0.398 e. The van der Waals surface area contributed by atoms with Gasteiger partial charge >= 0.3 is 6.18 Å². The Labute approximate surface area is 121 Å². The maximum absolute atomic E-state index is 12.5. The molecule has 1 aromatic carbocycles. The summed E-state index contributed by atoms with van der Waals surface area (Å²) in [6.45, 7) is 5.53. The van der Waals surface area contributed by atoms with Crippen LogP contribution in [-0.4, -0.2) is 19.0 Å².